The second-order valence-electron chi connectivity index (χ2n) is 4.88. The van der Waals surface area contributed by atoms with Gasteiger partial charge in [0.25, 0.3) is 0 Å². The number of hydrogen-bond donors (Lipinski definition) is 0. The highest BCUT2D eigenvalue weighted by Gasteiger charge is 2.41. The quantitative estimate of drug-likeness (QED) is 0.565. The molecule has 1 atom stereocenters. The lowest BCUT2D eigenvalue weighted by atomic mass is 10.1. The van der Waals surface area contributed by atoms with Crippen molar-refractivity contribution in [2.45, 2.75) is 18.6 Å². The van der Waals surface area contributed by atoms with Gasteiger partial charge in [0, 0.05) is 6.42 Å². The number of rotatable bonds is 6. The Kier molecular flexibility index (Phi) is 5.97. The first kappa shape index (κ1) is 18.0. The Morgan fingerprint density at radius 2 is 2.00 bits per heavy atom. The van der Waals surface area contributed by atoms with E-state index in [-0.39, 0.29) is 30.0 Å². The monoisotopic (exact) mass is 351 g/mol. The van der Waals surface area contributed by atoms with Crippen LogP contribution in [-0.4, -0.2) is 48.5 Å². The number of carbonyl (C=O) groups excluding carboxylic acids is 4. The summed E-state index contributed by atoms with van der Waals surface area (Å²) in [6, 6.07) is 6.25. The first-order valence-corrected chi connectivity index (χ1v) is 8.35. The van der Waals surface area contributed by atoms with Crippen LogP contribution in [0.25, 0.3) is 0 Å². The number of nitrogens with zero attached hydrogens (tertiary/aromatic N) is 1. The molecule has 0 bridgehead atoms. The van der Waals surface area contributed by atoms with Crippen LogP contribution in [0.1, 0.15) is 23.7 Å². The number of amides is 2. The minimum Gasteiger partial charge on any atom is -0.465 e. The van der Waals surface area contributed by atoms with Gasteiger partial charge in [0.1, 0.15) is 0 Å². The number of methoxy groups -OCH3 is 1. The zero-order valence-corrected chi connectivity index (χ0v) is 14.1. The van der Waals surface area contributed by atoms with Crippen molar-refractivity contribution in [2.24, 2.45) is 0 Å². The van der Waals surface area contributed by atoms with Crippen molar-refractivity contribution < 1.29 is 28.7 Å². The Balaban J connectivity index is 2.18. The van der Waals surface area contributed by atoms with E-state index in [2.05, 4.69) is 4.74 Å². The lowest BCUT2D eigenvalue weighted by molar-refractivity contribution is -0.139. The summed E-state index contributed by atoms with van der Waals surface area (Å²) in [5, 5.41) is -0.674. The average molecular weight is 351 g/mol. The Morgan fingerprint density at radius 3 is 2.67 bits per heavy atom. The molecule has 8 heteroatoms. The fourth-order valence-corrected chi connectivity index (χ4v) is 3.24. The Hall–Kier alpha value is -2.35. The molecule has 24 heavy (non-hydrogen) atoms. The number of carbonyl (C=O) groups is 4. The lowest BCUT2D eigenvalue weighted by Crippen LogP contribution is -2.32. The molecule has 0 aromatic heterocycles. The van der Waals surface area contributed by atoms with Gasteiger partial charge in [-0.15, -0.1) is 11.8 Å². The zero-order chi connectivity index (χ0) is 17.7. The topological polar surface area (TPSA) is 90.0 Å². The standard InChI is InChI=1S/C16H17NO6S/c1-3-23-14(19)9-24-12-8-13(18)17(15(12)20)11-7-5-4-6-10(11)16(21)22-2/h4-7,12H,3,8-9H2,1-2H3. The molecule has 7 nitrogen and oxygen atoms in total. The van der Waals surface area contributed by atoms with Crippen LogP contribution in [0.4, 0.5) is 5.69 Å². The summed E-state index contributed by atoms with van der Waals surface area (Å²) in [6.45, 7) is 1.95. The van der Waals surface area contributed by atoms with Crippen LogP contribution in [0, 0.1) is 0 Å². The summed E-state index contributed by atoms with van der Waals surface area (Å²) < 4.78 is 9.49. The largest absolute Gasteiger partial charge is 0.465 e. The summed E-state index contributed by atoms with van der Waals surface area (Å²) in [4.78, 5) is 49.0. The maximum atomic E-state index is 12.5. The first-order valence-electron chi connectivity index (χ1n) is 7.31. The highest BCUT2D eigenvalue weighted by atomic mass is 32.2. The normalized spacial score (nSPS) is 17.1. The van der Waals surface area contributed by atoms with Crippen molar-refractivity contribution >= 4 is 41.2 Å². The Bertz CT molecular complexity index is 674. The van der Waals surface area contributed by atoms with Crippen LogP contribution in [0.3, 0.4) is 0 Å². The molecule has 0 N–H and O–H groups in total. The van der Waals surface area contributed by atoms with E-state index in [0.717, 1.165) is 16.7 Å². The van der Waals surface area contributed by atoms with E-state index in [4.69, 9.17) is 4.74 Å². The molecule has 1 aromatic carbocycles. The van der Waals surface area contributed by atoms with Gasteiger partial charge in [-0.2, -0.15) is 0 Å². The number of imide groups is 1. The summed E-state index contributed by atoms with van der Waals surface area (Å²) in [7, 11) is 1.23. The summed E-state index contributed by atoms with van der Waals surface area (Å²) >= 11 is 1.06. The number of ether oxygens (including phenoxy) is 2. The van der Waals surface area contributed by atoms with Crippen molar-refractivity contribution in [1.29, 1.82) is 0 Å². The maximum Gasteiger partial charge on any atom is 0.339 e. The van der Waals surface area contributed by atoms with E-state index in [9.17, 15) is 19.2 Å². The SMILES string of the molecule is CCOC(=O)CSC1CC(=O)N(c2ccccc2C(=O)OC)C1=O. The highest BCUT2D eigenvalue weighted by molar-refractivity contribution is 8.01. The van der Waals surface area contributed by atoms with Gasteiger partial charge in [-0.05, 0) is 19.1 Å². The maximum absolute atomic E-state index is 12.5. The molecule has 1 aliphatic rings. The molecule has 1 aromatic rings. The molecule has 0 saturated carbocycles. The van der Waals surface area contributed by atoms with E-state index in [1.54, 1.807) is 19.1 Å². The van der Waals surface area contributed by atoms with Gasteiger partial charge in [-0.25, -0.2) is 9.69 Å². The molecule has 2 rings (SSSR count). The Labute approximate surface area is 143 Å². The molecule has 1 saturated heterocycles. The van der Waals surface area contributed by atoms with Crippen molar-refractivity contribution in [1.82, 2.24) is 0 Å². The van der Waals surface area contributed by atoms with Crippen LogP contribution >= 0.6 is 11.8 Å². The van der Waals surface area contributed by atoms with E-state index in [1.165, 1.54) is 19.2 Å². The number of para-hydroxylation sites is 1. The minimum atomic E-state index is -0.674. The van der Waals surface area contributed by atoms with Crippen LogP contribution in [-0.2, 0) is 23.9 Å². The number of esters is 2. The number of thioether (sulfide) groups is 1. The fraction of sp³-hybridized carbons (Fsp3) is 0.375. The molecule has 1 aliphatic heterocycles. The molecule has 0 radical (unpaired) electrons. The van der Waals surface area contributed by atoms with Crippen molar-refractivity contribution in [3.8, 4) is 0 Å². The predicted octanol–water partition coefficient (Wildman–Crippen LogP) is 1.40. The van der Waals surface area contributed by atoms with Gasteiger partial charge in [0.05, 0.1) is 36.0 Å². The van der Waals surface area contributed by atoms with Gasteiger partial charge in [-0.1, -0.05) is 12.1 Å². The number of hydrogen-bond acceptors (Lipinski definition) is 7. The van der Waals surface area contributed by atoms with Crippen LogP contribution in [0.2, 0.25) is 0 Å². The molecule has 1 fully saturated rings. The summed E-state index contributed by atoms with van der Waals surface area (Å²) in [5.74, 6) is -1.95. The van der Waals surface area contributed by atoms with Crippen LogP contribution in [0.5, 0.6) is 0 Å². The molecule has 0 aliphatic carbocycles. The molecule has 2 amide bonds. The second-order valence-corrected chi connectivity index (χ2v) is 6.08. The first-order chi connectivity index (χ1) is 11.5. The smallest absolute Gasteiger partial charge is 0.339 e. The average Bonchev–Trinajstić information content (AvgIpc) is 2.86. The van der Waals surface area contributed by atoms with Crippen LogP contribution in [0.15, 0.2) is 24.3 Å². The van der Waals surface area contributed by atoms with Crippen molar-refractivity contribution in [3.05, 3.63) is 29.8 Å². The number of anilines is 1. The second kappa shape index (κ2) is 7.96. The van der Waals surface area contributed by atoms with Gasteiger partial charge in [0.2, 0.25) is 11.8 Å². The minimum absolute atomic E-state index is 0.00991. The fourth-order valence-electron chi connectivity index (χ4n) is 2.31. The third-order valence-electron chi connectivity index (χ3n) is 3.36. The van der Waals surface area contributed by atoms with E-state index in [0.29, 0.717) is 0 Å². The molecule has 128 valence electrons. The van der Waals surface area contributed by atoms with E-state index >= 15 is 0 Å². The van der Waals surface area contributed by atoms with E-state index in [1.807, 2.05) is 0 Å². The highest BCUT2D eigenvalue weighted by Crippen LogP contribution is 2.32. The molecular formula is C16H17NO6S. The van der Waals surface area contributed by atoms with Crippen LogP contribution < -0.4 is 4.90 Å². The molecular weight excluding hydrogens is 334 g/mol. The predicted molar refractivity (Wildman–Crippen MR) is 87.8 cm³/mol. The van der Waals surface area contributed by atoms with Gasteiger partial charge >= 0.3 is 11.9 Å². The lowest BCUT2D eigenvalue weighted by Gasteiger charge is -2.17. The summed E-state index contributed by atoms with van der Waals surface area (Å²) in [5.41, 5.74) is 0.330. The zero-order valence-electron chi connectivity index (χ0n) is 13.3. The molecule has 1 heterocycles. The van der Waals surface area contributed by atoms with Gasteiger partial charge in [0.15, 0.2) is 0 Å². The third kappa shape index (κ3) is 3.76. The van der Waals surface area contributed by atoms with Crippen molar-refractivity contribution in [2.75, 3.05) is 24.4 Å². The van der Waals surface area contributed by atoms with E-state index < -0.39 is 29.0 Å². The molecule has 1 unspecified atom stereocenters. The molecule has 0 spiro atoms. The summed E-state index contributed by atoms with van der Waals surface area (Å²) in [6.07, 6.45) is -0.0294. The number of benzene rings is 1. The van der Waals surface area contributed by atoms with Gasteiger partial charge < -0.3 is 9.47 Å². The Morgan fingerprint density at radius 1 is 1.29 bits per heavy atom. The van der Waals surface area contributed by atoms with Gasteiger partial charge in [-0.3, -0.25) is 14.4 Å². The van der Waals surface area contributed by atoms with Crippen molar-refractivity contribution in [3.63, 3.8) is 0 Å². The third-order valence-corrected chi connectivity index (χ3v) is 4.54.